The number of hydrogen-bond donors (Lipinski definition) is 1. The summed E-state index contributed by atoms with van der Waals surface area (Å²) in [5.41, 5.74) is -0.423. The fraction of sp³-hybridized carbons (Fsp3) is 0.0588. The van der Waals surface area contributed by atoms with Crippen LogP contribution in [0.15, 0.2) is 54.9 Å². The molecule has 0 fully saturated rings. The first-order valence-corrected chi connectivity index (χ1v) is 7.80. The van der Waals surface area contributed by atoms with Gasteiger partial charge < -0.3 is 14.8 Å². The molecule has 0 aliphatic carbocycles. The van der Waals surface area contributed by atoms with Gasteiger partial charge in [-0.05, 0) is 30.3 Å². The van der Waals surface area contributed by atoms with E-state index >= 15 is 0 Å². The molecule has 0 unspecified atom stereocenters. The number of benzene rings is 2. The number of aromatic nitrogens is 2. The van der Waals surface area contributed by atoms with E-state index in [1.165, 1.54) is 31.4 Å². The molecule has 0 atom stereocenters. The molecule has 1 N–H and O–H groups in total. The first-order valence-electron chi connectivity index (χ1n) is 7.80. The van der Waals surface area contributed by atoms with Gasteiger partial charge in [0.05, 0.1) is 17.0 Å². The van der Waals surface area contributed by atoms with E-state index in [9.17, 15) is 20.2 Å². The van der Waals surface area contributed by atoms with E-state index in [1.807, 2.05) is 0 Å². The van der Waals surface area contributed by atoms with Crippen LogP contribution in [0.3, 0.4) is 0 Å². The van der Waals surface area contributed by atoms with Gasteiger partial charge in [0.2, 0.25) is 5.82 Å². The zero-order valence-corrected chi connectivity index (χ0v) is 14.4. The van der Waals surface area contributed by atoms with Crippen molar-refractivity contribution in [2.75, 3.05) is 12.4 Å². The minimum Gasteiger partial charge on any atom is -0.497 e. The van der Waals surface area contributed by atoms with Crippen LogP contribution in [0, 0.1) is 20.2 Å². The second kappa shape index (κ2) is 7.95. The highest BCUT2D eigenvalue weighted by Gasteiger charge is 2.25. The highest BCUT2D eigenvalue weighted by molar-refractivity contribution is 5.69. The third kappa shape index (κ3) is 4.09. The van der Waals surface area contributed by atoms with Crippen LogP contribution < -0.4 is 14.8 Å². The minimum absolute atomic E-state index is 0.163. The molecule has 0 aliphatic rings. The van der Waals surface area contributed by atoms with Gasteiger partial charge in [-0.3, -0.25) is 20.2 Å². The number of methoxy groups -OCH3 is 1. The van der Waals surface area contributed by atoms with Crippen molar-refractivity contribution >= 4 is 22.9 Å². The number of ether oxygens (including phenoxy) is 2. The fourth-order valence-corrected chi connectivity index (χ4v) is 2.28. The molecule has 0 saturated heterocycles. The SMILES string of the molecule is COc1ccc(Oc2ncnc(Nc3cccc([N+](=O)[O-])c3)c2[N+](=O)[O-])cc1. The van der Waals surface area contributed by atoms with Crippen LogP contribution in [0.2, 0.25) is 0 Å². The Labute approximate surface area is 157 Å². The molecule has 142 valence electrons. The van der Waals surface area contributed by atoms with Crippen LogP contribution in [0.5, 0.6) is 17.4 Å². The fourth-order valence-electron chi connectivity index (χ4n) is 2.28. The highest BCUT2D eigenvalue weighted by Crippen LogP contribution is 2.36. The summed E-state index contributed by atoms with van der Waals surface area (Å²) >= 11 is 0. The number of nitro benzene ring substituents is 1. The zero-order valence-electron chi connectivity index (χ0n) is 14.4. The van der Waals surface area contributed by atoms with Gasteiger partial charge in [-0.2, -0.15) is 4.98 Å². The Kier molecular flexibility index (Phi) is 5.25. The summed E-state index contributed by atoms with van der Waals surface area (Å²) in [5.74, 6) is 0.462. The van der Waals surface area contributed by atoms with Crippen LogP contribution in [-0.4, -0.2) is 26.9 Å². The maximum Gasteiger partial charge on any atom is 0.373 e. The summed E-state index contributed by atoms with van der Waals surface area (Å²) in [5, 5.41) is 25.2. The molecule has 3 rings (SSSR count). The van der Waals surface area contributed by atoms with Crippen LogP contribution in [0.25, 0.3) is 0 Å². The highest BCUT2D eigenvalue weighted by atomic mass is 16.6. The maximum absolute atomic E-state index is 11.6. The predicted molar refractivity (Wildman–Crippen MR) is 98.1 cm³/mol. The largest absolute Gasteiger partial charge is 0.497 e. The molecule has 11 heteroatoms. The maximum atomic E-state index is 11.6. The van der Waals surface area contributed by atoms with Gasteiger partial charge in [-0.25, -0.2) is 4.98 Å². The monoisotopic (exact) mass is 383 g/mol. The number of nitrogens with zero attached hydrogens (tertiary/aromatic N) is 4. The van der Waals surface area contributed by atoms with Gasteiger partial charge >= 0.3 is 11.6 Å². The standard InChI is InChI=1S/C17H13N5O6/c1-27-13-5-7-14(8-6-13)28-17-15(22(25)26)16(18-10-19-17)20-11-3-2-4-12(9-11)21(23)24/h2-10H,1H3,(H,18,19,20). The smallest absolute Gasteiger partial charge is 0.373 e. The molecule has 1 heterocycles. The van der Waals surface area contributed by atoms with Gasteiger partial charge in [0.15, 0.2) is 0 Å². The van der Waals surface area contributed by atoms with Crippen molar-refractivity contribution in [3.8, 4) is 17.4 Å². The van der Waals surface area contributed by atoms with Crippen molar-refractivity contribution in [2.24, 2.45) is 0 Å². The van der Waals surface area contributed by atoms with E-state index in [1.54, 1.807) is 24.3 Å². The van der Waals surface area contributed by atoms with Crippen molar-refractivity contribution in [2.45, 2.75) is 0 Å². The normalized spacial score (nSPS) is 10.2. The van der Waals surface area contributed by atoms with Gasteiger partial charge in [0.1, 0.15) is 17.8 Å². The van der Waals surface area contributed by atoms with Gasteiger partial charge in [-0.1, -0.05) is 6.07 Å². The molecule has 1 aromatic heterocycles. The summed E-state index contributed by atoms with van der Waals surface area (Å²) in [6, 6.07) is 11.9. The van der Waals surface area contributed by atoms with Crippen molar-refractivity contribution in [3.63, 3.8) is 0 Å². The van der Waals surface area contributed by atoms with Gasteiger partial charge in [0.25, 0.3) is 5.69 Å². The third-order valence-corrected chi connectivity index (χ3v) is 3.56. The molecular weight excluding hydrogens is 370 g/mol. The Hall–Kier alpha value is -4.28. The quantitative estimate of drug-likeness (QED) is 0.475. The van der Waals surface area contributed by atoms with E-state index in [2.05, 4.69) is 15.3 Å². The topological polar surface area (TPSA) is 143 Å². The number of hydrogen-bond acceptors (Lipinski definition) is 9. The average Bonchev–Trinajstić information content (AvgIpc) is 2.68. The average molecular weight is 383 g/mol. The Morgan fingerprint density at radius 2 is 1.68 bits per heavy atom. The molecule has 0 radical (unpaired) electrons. The van der Waals surface area contributed by atoms with Crippen molar-refractivity contribution in [1.29, 1.82) is 0 Å². The lowest BCUT2D eigenvalue weighted by molar-refractivity contribution is -0.385. The Morgan fingerprint density at radius 3 is 2.32 bits per heavy atom. The Balaban J connectivity index is 1.94. The van der Waals surface area contributed by atoms with E-state index in [0.29, 0.717) is 11.5 Å². The molecule has 28 heavy (non-hydrogen) atoms. The summed E-state index contributed by atoms with van der Waals surface area (Å²) in [7, 11) is 1.51. The molecule has 3 aromatic rings. The number of nitrogens with one attached hydrogen (secondary N) is 1. The number of nitro groups is 2. The summed E-state index contributed by atoms with van der Waals surface area (Å²) in [6.45, 7) is 0. The lowest BCUT2D eigenvalue weighted by Gasteiger charge is -2.09. The molecule has 0 aliphatic heterocycles. The Bertz CT molecular complexity index is 1020. The summed E-state index contributed by atoms with van der Waals surface area (Å²) in [4.78, 5) is 28.9. The predicted octanol–water partition coefficient (Wildman–Crippen LogP) is 3.84. The first kappa shape index (κ1) is 18.5. The van der Waals surface area contributed by atoms with Crippen LogP contribution in [0.4, 0.5) is 22.9 Å². The molecule has 0 spiro atoms. The van der Waals surface area contributed by atoms with Gasteiger partial charge in [0, 0.05) is 17.8 Å². The summed E-state index contributed by atoms with van der Waals surface area (Å²) < 4.78 is 10.6. The minimum atomic E-state index is -0.696. The molecular formula is C17H13N5O6. The molecule has 0 saturated carbocycles. The van der Waals surface area contributed by atoms with Crippen LogP contribution in [-0.2, 0) is 0 Å². The first-order chi connectivity index (χ1) is 13.5. The lowest BCUT2D eigenvalue weighted by Crippen LogP contribution is -2.03. The van der Waals surface area contributed by atoms with E-state index in [-0.39, 0.29) is 23.1 Å². The van der Waals surface area contributed by atoms with E-state index in [0.717, 1.165) is 6.33 Å². The molecule has 2 aromatic carbocycles. The Morgan fingerprint density at radius 1 is 0.964 bits per heavy atom. The number of rotatable bonds is 7. The molecule has 11 nitrogen and oxygen atoms in total. The van der Waals surface area contributed by atoms with Crippen molar-refractivity contribution in [3.05, 3.63) is 75.1 Å². The van der Waals surface area contributed by atoms with Crippen LogP contribution in [0.1, 0.15) is 0 Å². The molecule has 0 amide bonds. The summed E-state index contributed by atoms with van der Waals surface area (Å²) in [6.07, 6.45) is 1.09. The second-order valence-electron chi connectivity index (χ2n) is 5.34. The van der Waals surface area contributed by atoms with E-state index < -0.39 is 15.5 Å². The second-order valence-corrected chi connectivity index (χ2v) is 5.34. The number of non-ortho nitro benzene ring substituents is 1. The molecule has 0 bridgehead atoms. The van der Waals surface area contributed by atoms with Crippen molar-refractivity contribution < 1.29 is 19.3 Å². The zero-order chi connectivity index (χ0) is 20.1. The van der Waals surface area contributed by atoms with Crippen LogP contribution >= 0.6 is 0 Å². The third-order valence-electron chi connectivity index (χ3n) is 3.56. The van der Waals surface area contributed by atoms with Crippen molar-refractivity contribution in [1.82, 2.24) is 9.97 Å². The van der Waals surface area contributed by atoms with E-state index in [4.69, 9.17) is 9.47 Å². The number of anilines is 2. The lowest BCUT2D eigenvalue weighted by atomic mass is 10.3. The van der Waals surface area contributed by atoms with Gasteiger partial charge in [-0.15, -0.1) is 0 Å².